The number of rotatable bonds is 3. The van der Waals surface area contributed by atoms with Crippen molar-refractivity contribution in [2.75, 3.05) is 0 Å². The van der Waals surface area contributed by atoms with Gasteiger partial charge in [-0.05, 0) is 48.7 Å². The maximum absolute atomic E-state index is 12.3. The minimum absolute atomic E-state index is 0.146. The molecule has 0 aliphatic heterocycles. The molecule has 1 radical (unpaired) electrons. The molecular weight excluding hydrogens is 284 g/mol. The molecule has 4 heteroatoms. The Kier molecular flexibility index (Phi) is 3.39. The molecule has 3 nitrogen and oxygen atoms in total. The maximum atomic E-state index is 12.3. The van der Waals surface area contributed by atoms with Gasteiger partial charge < -0.3 is 4.18 Å². The average molecular weight is 297 g/mol. The first-order chi connectivity index (χ1) is 10.1. The van der Waals surface area contributed by atoms with Gasteiger partial charge in [0.15, 0.2) is 5.75 Å². The van der Waals surface area contributed by atoms with E-state index in [0.29, 0.717) is 5.75 Å². The van der Waals surface area contributed by atoms with E-state index in [2.05, 4.69) is 6.07 Å². The molecule has 0 fully saturated rings. The van der Waals surface area contributed by atoms with E-state index in [-0.39, 0.29) is 4.90 Å². The van der Waals surface area contributed by atoms with Crippen LogP contribution in [0.15, 0.2) is 65.6 Å². The fourth-order valence-corrected chi connectivity index (χ4v) is 3.03. The second-order valence-electron chi connectivity index (χ2n) is 4.75. The lowest BCUT2D eigenvalue weighted by molar-refractivity contribution is 0.488. The molecule has 0 unspecified atom stereocenters. The van der Waals surface area contributed by atoms with Gasteiger partial charge in [-0.1, -0.05) is 35.9 Å². The van der Waals surface area contributed by atoms with Gasteiger partial charge in [-0.25, -0.2) is 0 Å². The molecular formula is C17H13O3S. The van der Waals surface area contributed by atoms with Gasteiger partial charge in [-0.15, -0.1) is 0 Å². The zero-order chi connectivity index (χ0) is 14.9. The molecule has 0 saturated heterocycles. The Labute approximate surface area is 123 Å². The van der Waals surface area contributed by atoms with Crippen molar-refractivity contribution >= 4 is 20.9 Å². The number of aryl methyl sites for hydroxylation is 1. The SMILES string of the molecule is Cc1ccc(S(=O)(=O)Oc2cccc3c[c]ccc23)cc1. The van der Waals surface area contributed by atoms with Crippen molar-refractivity contribution in [2.24, 2.45) is 0 Å². The lowest BCUT2D eigenvalue weighted by atomic mass is 10.1. The van der Waals surface area contributed by atoms with Crippen LogP contribution in [0.3, 0.4) is 0 Å². The molecule has 0 aromatic heterocycles. The quantitative estimate of drug-likeness (QED) is 0.692. The lowest BCUT2D eigenvalue weighted by Crippen LogP contribution is -2.09. The second-order valence-corrected chi connectivity index (χ2v) is 6.30. The van der Waals surface area contributed by atoms with Gasteiger partial charge >= 0.3 is 10.1 Å². The van der Waals surface area contributed by atoms with Gasteiger partial charge in [0.05, 0.1) is 0 Å². The fourth-order valence-electron chi connectivity index (χ4n) is 2.08. The summed E-state index contributed by atoms with van der Waals surface area (Å²) in [5, 5.41) is 1.63. The summed E-state index contributed by atoms with van der Waals surface area (Å²) in [6.45, 7) is 1.90. The van der Waals surface area contributed by atoms with E-state index in [0.717, 1.165) is 16.3 Å². The summed E-state index contributed by atoms with van der Waals surface area (Å²) >= 11 is 0. The van der Waals surface area contributed by atoms with Crippen LogP contribution in [-0.2, 0) is 10.1 Å². The fraction of sp³-hybridized carbons (Fsp3) is 0.0588. The standard InChI is InChI=1S/C17H13O3S/c1-13-9-11-15(12-10-13)21(18,19)20-17-8-4-6-14-5-2-3-7-16(14)17/h3-12H,1H3. The first-order valence-electron chi connectivity index (χ1n) is 6.46. The molecule has 0 amide bonds. The first kappa shape index (κ1) is 13.6. The number of hydrogen-bond donors (Lipinski definition) is 0. The van der Waals surface area contributed by atoms with Crippen LogP contribution in [0.5, 0.6) is 5.75 Å². The summed E-state index contributed by atoms with van der Waals surface area (Å²) in [5.41, 5.74) is 0.995. The third-order valence-electron chi connectivity index (χ3n) is 3.19. The first-order valence-corrected chi connectivity index (χ1v) is 7.87. The predicted molar refractivity (Wildman–Crippen MR) is 81.8 cm³/mol. The van der Waals surface area contributed by atoms with E-state index in [9.17, 15) is 8.42 Å². The van der Waals surface area contributed by atoms with Crippen molar-refractivity contribution in [1.82, 2.24) is 0 Å². The monoisotopic (exact) mass is 297 g/mol. The highest BCUT2D eigenvalue weighted by atomic mass is 32.2. The Balaban J connectivity index is 2.03. The van der Waals surface area contributed by atoms with Crippen LogP contribution in [0.1, 0.15) is 5.56 Å². The van der Waals surface area contributed by atoms with Crippen LogP contribution >= 0.6 is 0 Å². The van der Waals surface area contributed by atoms with Gasteiger partial charge in [0.2, 0.25) is 0 Å². The van der Waals surface area contributed by atoms with Crippen molar-refractivity contribution < 1.29 is 12.6 Å². The van der Waals surface area contributed by atoms with Gasteiger partial charge in [-0.3, -0.25) is 0 Å². The van der Waals surface area contributed by atoms with Crippen LogP contribution in [0.25, 0.3) is 10.8 Å². The van der Waals surface area contributed by atoms with Crippen LogP contribution in [0.2, 0.25) is 0 Å². The number of benzene rings is 3. The zero-order valence-electron chi connectivity index (χ0n) is 11.4. The van der Waals surface area contributed by atoms with E-state index >= 15 is 0 Å². The molecule has 0 N–H and O–H groups in total. The Morgan fingerprint density at radius 2 is 1.76 bits per heavy atom. The van der Waals surface area contributed by atoms with Crippen molar-refractivity contribution in [3.05, 3.63) is 72.3 Å². The molecule has 21 heavy (non-hydrogen) atoms. The van der Waals surface area contributed by atoms with E-state index in [1.54, 1.807) is 54.6 Å². The Bertz CT molecular complexity index is 876. The molecule has 0 bridgehead atoms. The van der Waals surface area contributed by atoms with Crippen molar-refractivity contribution in [2.45, 2.75) is 11.8 Å². The second kappa shape index (κ2) is 5.22. The smallest absolute Gasteiger partial charge is 0.339 e. The van der Waals surface area contributed by atoms with Gasteiger partial charge in [-0.2, -0.15) is 8.42 Å². The van der Waals surface area contributed by atoms with Crippen LogP contribution < -0.4 is 4.18 Å². The van der Waals surface area contributed by atoms with Crippen LogP contribution in [0.4, 0.5) is 0 Å². The van der Waals surface area contributed by atoms with Crippen molar-refractivity contribution in [3.63, 3.8) is 0 Å². The summed E-state index contributed by atoms with van der Waals surface area (Å²) in [7, 11) is -3.83. The Morgan fingerprint density at radius 3 is 2.52 bits per heavy atom. The Hall–Kier alpha value is -2.33. The number of hydrogen-bond acceptors (Lipinski definition) is 3. The Morgan fingerprint density at radius 1 is 1.00 bits per heavy atom. The molecule has 0 saturated carbocycles. The molecule has 0 aliphatic carbocycles. The summed E-state index contributed by atoms with van der Waals surface area (Å²) in [6, 6.07) is 20.1. The highest BCUT2D eigenvalue weighted by molar-refractivity contribution is 7.87. The molecule has 0 heterocycles. The molecule has 3 rings (SSSR count). The van der Waals surface area contributed by atoms with Crippen molar-refractivity contribution in [1.29, 1.82) is 0 Å². The molecule has 105 valence electrons. The van der Waals surface area contributed by atoms with E-state index in [1.807, 2.05) is 13.0 Å². The molecule has 0 atom stereocenters. The summed E-state index contributed by atoms with van der Waals surface area (Å²) in [6.07, 6.45) is 0. The van der Waals surface area contributed by atoms with Crippen LogP contribution in [0, 0.1) is 13.0 Å². The third kappa shape index (κ3) is 2.76. The molecule has 3 aromatic rings. The van der Waals surface area contributed by atoms with E-state index in [1.165, 1.54) is 0 Å². The highest BCUT2D eigenvalue weighted by Gasteiger charge is 2.17. The summed E-state index contributed by atoms with van der Waals surface area (Å²) in [4.78, 5) is 0.146. The summed E-state index contributed by atoms with van der Waals surface area (Å²) < 4.78 is 30.0. The van der Waals surface area contributed by atoms with Gasteiger partial charge in [0.1, 0.15) is 4.90 Å². The predicted octanol–water partition coefficient (Wildman–Crippen LogP) is 3.72. The lowest BCUT2D eigenvalue weighted by Gasteiger charge is -2.09. The highest BCUT2D eigenvalue weighted by Crippen LogP contribution is 2.27. The number of fused-ring (bicyclic) bond motifs is 1. The largest absolute Gasteiger partial charge is 0.378 e. The minimum atomic E-state index is -3.83. The van der Waals surface area contributed by atoms with E-state index in [4.69, 9.17) is 4.18 Å². The third-order valence-corrected chi connectivity index (χ3v) is 4.44. The van der Waals surface area contributed by atoms with Gasteiger partial charge in [0.25, 0.3) is 0 Å². The zero-order valence-corrected chi connectivity index (χ0v) is 12.2. The van der Waals surface area contributed by atoms with Gasteiger partial charge in [0, 0.05) is 5.39 Å². The van der Waals surface area contributed by atoms with Crippen LogP contribution in [-0.4, -0.2) is 8.42 Å². The van der Waals surface area contributed by atoms with Crippen molar-refractivity contribution in [3.8, 4) is 5.75 Å². The minimum Gasteiger partial charge on any atom is -0.378 e. The molecule has 0 spiro atoms. The molecule has 0 aliphatic rings. The maximum Gasteiger partial charge on any atom is 0.339 e. The molecule has 3 aromatic carbocycles. The van der Waals surface area contributed by atoms with E-state index < -0.39 is 10.1 Å². The average Bonchev–Trinajstić information content (AvgIpc) is 2.48. The summed E-state index contributed by atoms with van der Waals surface area (Å²) in [5.74, 6) is 0.321. The normalized spacial score (nSPS) is 11.5. The topological polar surface area (TPSA) is 43.4 Å².